The van der Waals surface area contributed by atoms with Gasteiger partial charge in [0.05, 0.1) is 11.5 Å². The number of furan rings is 1. The molecule has 0 aliphatic carbocycles. The number of hydrogen-bond acceptors (Lipinski definition) is 5. The Bertz CT molecular complexity index is 947. The van der Waals surface area contributed by atoms with Crippen molar-refractivity contribution in [2.45, 2.75) is 50.1 Å². The summed E-state index contributed by atoms with van der Waals surface area (Å²) in [6.45, 7) is 6.39. The molecule has 2 aromatic heterocycles. The molecule has 1 unspecified atom stereocenters. The molecule has 1 aliphatic heterocycles. The number of piperidine rings is 1. The average Bonchev–Trinajstić information content (AvgIpc) is 3.44. The molecule has 6 nitrogen and oxygen atoms in total. The Kier molecular flexibility index (Phi) is 6.57. The third kappa shape index (κ3) is 4.61. The number of aromatic nitrogens is 3. The Morgan fingerprint density at radius 2 is 1.93 bits per heavy atom. The van der Waals surface area contributed by atoms with Crippen LogP contribution in [-0.4, -0.2) is 43.9 Å². The van der Waals surface area contributed by atoms with Crippen LogP contribution in [0.1, 0.15) is 32.3 Å². The van der Waals surface area contributed by atoms with Crippen LogP contribution >= 0.6 is 11.8 Å². The minimum Gasteiger partial charge on any atom is -0.461 e. The summed E-state index contributed by atoms with van der Waals surface area (Å²) in [7, 11) is 0. The highest BCUT2D eigenvalue weighted by molar-refractivity contribution is 8.00. The number of rotatable bonds is 7. The SMILES string of the molecule is CCn1c(SC(C)C(=O)N2CCC(Cc3ccccc3)CC2)nnc1-c1ccco1. The van der Waals surface area contributed by atoms with Gasteiger partial charge in [-0.1, -0.05) is 42.1 Å². The predicted octanol–water partition coefficient (Wildman–Crippen LogP) is 4.52. The molecule has 3 heterocycles. The maximum absolute atomic E-state index is 13.0. The number of hydrogen-bond donors (Lipinski definition) is 0. The first-order valence-corrected chi connectivity index (χ1v) is 11.5. The lowest BCUT2D eigenvalue weighted by Crippen LogP contribution is -2.42. The zero-order chi connectivity index (χ0) is 20.9. The number of likely N-dealkylation sites (tertiary alicyclic amines) is 1. The summed E-state index contributed by atoms with van der Waals surface area (Å²) in [5, 5.41) is 9.15. The minimum atomic E-state index is -0.199. The van der Waals surface area contributed by atoms with Crippen molar-refractivity contribution >= 4 is 17.7 Å². The van der Waals surface area contributed by atoms with E-state index in [2.05, 4.69) is 40.5 Å². The highest BCUT2D eigenvalue weighted by Gasteiger charge is 2.28. The fourth-order valence-electron chi connectivity index (χ4n) is 4.02. The molecule has 30 heavy (non-hydrogen) atoms. The Morgan fingerprint density at radius 1 is 1.17 bits per heavy atom. The maximum Gasteiger partial charge on any atom is 0.235 e. The van der Waals surface area contributed by atoms with Crippen LogP contribution in [0.5, 0.6) is 0 Å². The third-order valence-electron chi connectivity index (χ3n) is 5.70. The first-order valence-electron chi connectivity index (χ1n) is 10.6. The summed E-state index contributed by atoms with van der Waals surface area (Å²) < 4.78 is 7.47. The van der Waals surface area contributed by atoms with E-state index in [4.69, 9.17) is 4.42 Å². The van der Waals surface area contributed by atoms with E-state index in [1.165, 1.54) is 17.3 Å². The standard InChI is InChI=1S/C23H28N4O2S/c1-3-27-21(20-10-7-15-29-20)24-25-23(27)30-17(2)22(28)26-13-11-19(12-14-26)16-18-8-5-4-6-9-18/h4-10,15,17,19H,3,11-14,16H2,1-2H3. The molecule has 0 saturated carbocycles. The van der Waals surface area contributed by atoms with Crippen LogP contribution < -0.4 is 0 Å². The number of carbonyl (C=O) groups is 1. The van der Waals surface area contributed by atoms with Crippen LogP contribution in [0.2, 0.25) is 0 Å². The van der Waals surface area contributed by atoms with Gasteiger partial charge in [-0.2, -0.15) is 0 Å². The van der Waals surface area contributed by atoms with Gasteiger partial charge in [0, 0.05) is 19.6 Å². The van der Waals surface area contributed by atoms with Gasteiger partial charge in [-0.15, -0.1) is 10.2 Å². The molecule has 1 saturated heterocycles. The van der Waals surface area contributed by atoms with E-state index in [0.717, 1.165) is 44.1 Å². The zero-order valence-corrected chi connectivity index (χ0v) is 18.3. The number of amides is 1. The van der Waals surface area contributed by atoms with E-state index in [-0.39, 0.29) is 11.2 Å². The lowest BCUT2D eigenvalue weighted by atomic mass is 9.90. The van der Waals surface area contributed by atoms with E-state index in [0.29, 0.717) is 17.5 Å². The van der Waals surface area contributed by atoms with E-state index < -0.39 is 0 Å². The van der Waals surface area contributed by atoms with Crippen molar-refractivity contribution in [3.8, 4) is 11.6 Å². The van der Waals surface area contributed by atoms with Gasteiger partial charge in [0.15, 0.2) is 16.7 Å². The molecule has 1 aliphatic rings. The second kappa shape index (κ2) is 9.51. The van der Waals surface area contributed by atoms with Gasteiger partial charge in [-0.25, -0.2) is 0 Å². The summed E-state index contributed by atoms with van der Waals surface area (Å²) in [5.41, 5.74) is 1.39. The summed E-state index contributed by atoms with van der Waals surface area (Å²) >= 11 is 1.47. The smallest absolute Gasteiger partial charge is 0.235 e. The van der Waals surface area contributed by atoms with Crippen molar-refractivity contribution in [1.82, 2.24) is 19.7 Å². The van der Waals surface area contributed by atoms with Crippen molar-refractivity contribution in [2.75, 3.05) is 13.1 Å². The molecule has 1 amide bonds. The van der Waals surface area contributed by atoms with Crippen LogP contribution in [0.4, 0.5) is 0 Å². The van der Waals surface area contributed by atoms with Gasteiger partial charge in [-0.05, 0) is 56.7 Å². The zero-order valence-electron chi connectivity index (χ0n) is 17.5. The van der Waals surface area contributed by atoms with Gasteiger partial charge in [0.2, 0.25) is 5.91 Å². The summed E-state index contributed by atoms with van der Waals surface area (Å²) in [4.78, 5) is 15.0. The molecular weight excluding hydrogens is 396 g/mol. The van der Waals surface area contributed by atoms with Gasteiger partial charge in [0.1, 0.15) is 0 Å². The minimum absolute atomic E-state index is 0.184. The predicted molar refractivity (Wildman–Crippen MR) is 118 cm³/mol. The summed E-state index contributed by atoms with van der Waals surface area (Å²) in [6.07, 6.45) is 4.85. The first-order chi connectivity index (χ1) is 14.7. The lowest BCUT2D eigenvalue weighted by Gasteiger charge is -2.33. The second-order valence-corrected chi connectivity index (χ2v) is 9.05. The molecule has 3 aromatic rings. The van der Waals surface area contributed by atoms with E-state index in [1.54, 1.807) is 6.26 Å². The van der Waals surface area contributed by atoms with Crippen molar-refractivity contribution < 1.29 is 9.21 Å². The quantitative estimate of drug-likeness (QED) is 0.522. The largest absolute Gasteiger partial charge is 0.461 e. The van der Waals surface area contributed by atoms with Gasteiger partial charge in [0.25, 0.3) is 0 Å². The number of carbonyl (C=O) groups excluding carboxylic acids is 1. The second-order valence-electron chi connectivity index (χ2n) is 7.75. The van der Waals surface area contributed by atoms with Gasteiger partial charge >= 0.3 is 0 Å². The fourth-order valence-corrected chi connectivity index (χ4v) is 5.02. The first kappa shape index (κ1) is 20.7. The summed E-state index contributed by atoms with van der Waals surface area (Å²) in [6, 6.07) is 14.3. The molecular formula is C23H28N4O2S. The van der Waals surface area contributed by atoms with Crippen molar-refractivity contribution in [3.05, 3.63) is 54.3 Å². The Hall–Kier alpha value is -2.54. The molecule has 4 rings (SSSR count). The monoisotopic (exact) mass is 424 g/mol. The number of thioether (sulfide) groups is 1. The van der Waals surface area contributed by atoms with E-state index in [1.807, 2.05) is 35.4 Å². The molecule has 158 valence electrons. The fraction of sp³-hybridized carbons (Fsp3) is 0.435. The maximum atomic E-state index is 13.0. The van der Waals surface area contributed by atoms with Crippen molar-refractivity contribution in [1.29, 1.82) is 0 Å². The normalized spacial score (nSPS) is 16.0. The molecule has 0 bridgehead atoms. The molecule has 1 atom stereocenters. The molecule has 1 fully saturated rings. The van der Waals surface area contributed by atoms with Gasteiger partial charge in [-0.3, -0.25) is 9.36 Å². The van der Waals surface area contributed by atoms with Crippen molar-refractivity contribution in [3.63, 3.8) is 0 Å². The van der Waals surface area contributed by atoms with E-state index >= 15 is 0 Å². The van der Waals surface area contributed by atoms with E-state index in [9.17, 15) is 4.79 Å². The molecule has 0 N–H and O–H groups in total. The molecule has 0 radical (unpaired) electrons. The molecule has 7 heteroatoms. The molecule has 1 aromatic carbocycles. The lowest BCUT2D eigenvalue weighted by molar-refractivity contribution is -0.131. The van der Waals surface area contributed by atoms with Crippen molar-refractivity contribution in [2.24, 2.45) is 5.92 Å². The Labute approximate surface area is 181 Å². The van der Waals surface area contributed by atoms with Crippen LogP contribution in [0.3, 0.4) is 0 Å². The summed E-state index contributed by atoms with van der Waals surface area (Å²) in [5.74, 6) is 2.23. The van der Waals surface area contributed by atoms with Gasteiger partial charge < -0.3 is 9.32 Å². The van der Waals surface area contributed by atoms with Crippen LogP contribution in [0.15, 0.2) is 58.3 Å². The number of benzene rings is 1. The van der Waals surface area contributed by atoms with Crippen LogP contribution in [-0.2, 0) is 17.8 Å². The third-order valence-corrected chi connectivity index (χ3v) is 6.77. The van der Waals surface area contributed by atoms with Crippen LogP contribution in [0, 0.1) is 5.92 Å². The Balaban J connectivity index is 1.33. The highest BCUT2D eigenvalue weighted by atomic mass is 32.2. The number of nitrogens with zero attached hydrogens (tertiary/aromatic N) is 4. The average molecular weight is 425 g/mol. The Morgan fingerprint density at radius 3 is 2.60 bits per heavy atom. The van der Waals surface area contributed by atoms with Crippen LogP contribution in [0.25, 0.3) is 11.6 Å². The molecule has 0 spiro atoms. The topological polar surface area (TPSA) is 64.2 Å². The highest BCUT2D eigenvalue weighted by Crippen LogP contribution is 2.29.